The van der Waals surface area contributed by atoms with E-state index in [2.05, 4.69) is 0 Å². The van der Waals surface area contributed by atoms with E-state index in [9.17, 15) is 40.5 Å². The van der Waals surface area contributed by atoms with E-state index in [4.69, 9.17) is 14.2 Å². The van der Waals surface area contributed by atoms with Crippen molar-refractivity contribution >= 4 is 5.97 Å². The van der Waals surface area contributed by atoms with Crippen LogP contribution in [0.25, 0.3) is 0 Å². The second-order valence-corrected chi connectivity index (χ2v) is 6.86. The summed E-state index contributed by atoms with van der Waals surface area (Å²) in [4.78, 5) is 12.2. The van der Waals surface area contributed by atoms with E-state index in [0.717, 1.165) is 0 Å². The van der Waals surface area contributed by atoms with Crippen molar-refractivity contribution in [1.82, 2.24) is 0 Å². The highest BCUT2D eigenvalue weighted by atomic mass is 16.7. The Hall–Kier alpha value is -3.09. The molecule has 11 heteroatoms. The second kappa shape index (κ2) is 9.37. The largest absolute Gasteiger partial charge is 0.508 e. The Balaban J connectivity index is 1.76. The lowest BCUT2D eigenvalue weighted by Gasteiger charge is -2.39. The van der Waals surface area contributed by atoms with Crippen LogP contribution in [-0.2, 0) is 16.1 Å². The van der Waals surface area contributed by atoms with Gasteiger partial charge in [-0.2, -0.15) is 0 Å². The number of hydrogen-bond donors (Lipinski definition) is 7. The van der Waals surface area contributed by atoms with Gasteiger partial charge in [0.15, 0.2) is 11.5 Å². The molecule has 2 aromatic carbocycles. The molecule has 0 aliphatic carbocycles. The van der Waals surface area contributed by atoms with Gasteiger partial charge in [-0.05, 0) is 30.3 Å². The number of aromatic hydroxyl groups is 3. The van der Waals surface area contributed by atoms with Crippen LogP contribution in [0.5, 0.6) is 23.0 Å². The summed E-state index contributed by atoms with van der Waals surface area (Å²) >= 11 is 0. The minimum Gasteiger partial charge on any atom is -0.508 e. The summed E-state index contributed by atoms with van der Waals surface area (Å²) in [5, 5.41) is 68.2. The molecule has 31 heavy (non-hydrogen) atoms. The maximum atomic E-state index is 12.2. The zero-order chi connectivity index (χ0) is 22.7. The quantitative estimate of drug-likeness (QED) is 0.224. The smallest absolute Gasteiger partial charge is 0.342 e. The summed E-state index contributed by atoms with van der Waals surface area (Å²) in [6.07, 6.45) is -7.54. The van der Waals surface area contributed by atoms with E-state index in [0.29, 0.717) is 0 Å². The van der Waals surface area contributed by atoms with Crippen molar-refractivity contribution in [2.45, 2.75) is 37.3 Å². The molecule has 0 radical (unpaired) electrons. The highest BCUT2D eigenvalue weighted by molar-refractivity contribution is 5.93. The number of rotatable bonds is 6. The molecule has 2 aromatic rings. The first kappa shape index (κ1) is 22.6. The third-order valence-electron chi connectivity index (χ3n) is 4.73. The van der Waals surface area contributed by atoms with Gasteiger partial charge in [-0.25, -0.2) is 4.79 Å². The molecule has 3 rings (SSSR count). The van der Waals surface area contributed by atoms with Crippen molar-refractivity contribution in [2.75, 3.05) is 6.61 Å². The van der Waals surface area contributed by atoms with Gasteiger partial charge in [-0.1, -0.05) is 6.07 Å². The summed E-state index contributed by atoms with van der Waals surface area (Å²) in [6, 6.07) is 7.54. The molecule has 1 heterocycles. The Bertz CT molecular complexity index is 929. The normalized spacial score (nSPS) is 25.7. The van der Waals surface area contributed by atoms with Gasteiger partial charge in [0.2, 0.25) is 6.29 Å². The number of phenolic OH excluding ortho intramolecular Hbond substituents is 3. The number of phenols is 3. The zero-order valence-corrected chi connectivity index (χ0v) is 16.0. The average Bonchev–Trinajstić information content (AvgIpc) is 2.75. The lowest BCUT2D eigenvalue weighted by molar-refractivity contribution is -0.277. The monoisotopic (exact) mass is 438 g/mol. The number of hydrogen-bond acceptors (Lipinski definition) is 11. The SMILES string of the molecule is O=C(OCc1cc(O)ccc1OC1OC(CO)C(O)C(O)C1O)c1cccc(O)c1O. The molecule has 5 unspecified atom stereocenters. The highest BCUT2D eigenvalue weighted by Crippen LogP contribution is 2.31. The van der Waals surface area contributed by atoms with Gasteiger partial charge in [-0.3, -0.25) is 0 Å². The fraction of sp³-hybridized carbons (Fsp3) is 0.350. The van der Waals surface area contributed by atoms with Crippen LogP contribution in [0.3, 0.4) is 0 Å². The number of carbonyl (C=O) groups excluding carboxylic acids is 1. The van der Waals surface area contributed by atoms with E-state index < -0.39 is 61.4 Å². The molecule has 0 spiro atoms. The molecule has 0 saturated carbocycles. The van der Waals surface area contributed by atoms with E-state index in [1.807, 2.05) is 0 Å². The molecule has 0 amide bonds. The van der Waals surface area contributed by atoms with Gasteiger partial charge in [0, 0.05) is 5.56 Å². The summed E-state index contributed by atoms with van der Waals surface area (Å²) < 4.78 is 15.9. The van der Waals surface area contributed by atoms with Gasteiger partial charge in [0.05, 0.1) is 6.61 Å². The number of ether oxygens (including phenoxy) is 3. The van der Waals surface area contributed by atoms with E-state index in [-0.39, 0.29) is 22.6 Å². The summed E-state index contributed by atoms with van der Waals surface area (Å²) in [6.45, 7) is -1.08. The molecule has 5 atom stereocenters. The van der Waals surface area contributed by atoms with E-state index in [1.54, 1.807) is 0 Å². The predicted molar refractivity (Wildman–Crippen MR) is 101 cm³/mol. The van der Waals surface area contributed by atoms with Gasteiger partial charge < -0.3 is 50.0 Å². The van der Waals surface area contributed by atoms with Crippen molar-refractivity contribution in [2.24, 2.45) is 0 Å². The molecule has 7 N–H and O–H groups in total. The van der Waals surface area contributed by atoms with Crippen molar-refractivity contribution in [3.05, 3.63) is 47.5 Å². The first-order chi connectivity index (χ1) is 14.7. The number of benzene rings is 2. The van der Waals surface area contributed by atoms with E-state index in [1.165, 1.54) is 36.4 Å². The zero-order valence-electron chi connectivity index (χ0n) is 16.0. The lowest BCUT2D eigenvalue weighted by Crippen LogP contribution is -2.60. The van der Waals surface area contributed by atoms with Crippen molar-refractivity contribution in [3.63, 3.8) is 0 Å². The van der Waals surface area contributed by atoms with E-state index >= 15 is 0 Å². The number of esters is 1. The molecule has 168 valence electrons. The summed E-state index contributed by atoms with van der Waals surface area (Å²) in [5.74, 6) is -2.29. The van der Waals surface area contributed by atoms with Crippen LogP contribution in [-0.4, -0.2) is 79.0 Å². The third kappa shape index (κ3) is 4.81. The third-order valence-corrected chi connectivity index (χ3v) is 4.73. The maximum absolute atomic E-state index is 12.2. The minimum atomic E-state index is -1.66. The number of para-hydroxylation sites is 1. The molecule has 1 saturated heterocycles. The first-order valence-electron chi connectivity index (χ1n) is 9.20. The fourth-order valence-corrected chi connectivity index (χ4v) is 3.00. The van der Waals surface area contributed by atoms with Crippen LogP contribution in [0.15, 0.2) is 36.4 Å². The number of carbonyl (C=O) groups is 1. The second-order valence-electron chi connectivity index (χ2n) is 6.86. The van der Waals surface area contributed by atoms with Crippen LogP contribution < -0.4 is 4.74 Å². The Morgan fingerprint density at radius 3 is 2.45 bits per heavy atom. The van der Waals surface area contributed by atoms with Crippen LogP contribution in [0, 0.1) is 0 Å². The van der Waals surface area contributed by atoms with Crippen LogP contribution in [0.1, 0.15) is 15.9 Å². The maximum Gasteiger partial charge on any atom is 0.342 e. The standard InChI is InChI=1S/C20H22O11/c21-7-14-16(25)17(26)18(27)20(31-14)30-13-5-4-10(22)6-9(13)8-29-19(28)11-2-1-3-12(23)15(11)24/h1-6,14,16-18,20-27H,7-8H2. The van der Waals surface area contributed by atoms with Crippen LogP contribution in [0.2, 0.25) is 0 Å². The number of aliphatic hydroxyl groups is 4. The molecular weight excluding hydrogens is 416 g/mol. The summed E-state index contributed by atoms with van der Waals surface area (Å²) in [7, 11) is 0. The van der Waals surface area contributed by atoms with Crippen molar-refractivity contribution in [1.29, 1.82) is 0 Å². The predicted octanol–water partition coefficient (Wildman–Crippen LogP) is -0.661. The van der Waals surface area contributed by atoms with Crippen LogP contribution >= 0.6 is 0 Å². The molecule has 1 fully saturated rings. The Morgan fingerprint density at radius 2 is 1.74 bits per heavy atom. The molecule has 11 nitrogen and oxygen atoms in total. The van der Waals surface area contributed by atoms with Gasteiger partial charge in [-0.15, -0.1) is 0 Å². The van der Waals surface area contributed by atoms with Gasteiger partial charge in [0.1, 0.15) is 48.1 Å². The molecule has 0 bridgehead atoms. The lowest BCUT2D eigenvalue weighted by atomic mass is 9.99. The van der Waals surface area contributed by atoms with Gasteiger partial charge in [0.25, 0.3) is 0 Å². The topological polar surface area (TPSA) is 186 Å². The fourth-order valence-electron chi connectivity index (χ4n) is 3.00. The number of aliphatic hydroxyl groups excluding tert-OH is 4. The minimum absolute atomic E-state index is 0.00932. The Morgan fingerprint density at radius 1 is 1.00 bits per heavy atom. The first-order valence-corrected chi connectivity index (χ1v) is 9.20. The average molecular weight is 438 g/mol. The van der Waals surface area contributed by atoms with Crippen molar-refractivity contribution in [3.8, 4) is 23.0 Å². The van der Waals surface area contributed by atoms with Crippen LogP contribution in [0.4, 0.5) is 0 Å². The molecule has 0 aromatic heterocycles. The van der Waals surface area contributed by atoms with Crippen molar-refractivity contribution < 1.29 is 54.8 Å². The Kier molecular flexibility index (Phi) is 6.83. The highest BCUT2D eigenvalue weighted by Gasteiger charge is 2.44. The molecule has 1 aliphatic rings. The summed E-state index contributed by atoms with van der Waals surface area (Å²) in [5.41, 5.74) is -0.137. The van der Waals surface area contributed by atoms with Gasteiger partial charge >= 0.3 is 5.97 Å². The Labute approximate surface area is 175 Å². The molecule has 1 aliphatic heterocycles. The molecular formula is C20H22O11.